The predicted molar refractivity (Wildman–Crippen MR) is 72.4 cm³/mol. The Morgan fingerprint density at radius 3 is 2.38 bits per heavy atom. The molecule has 0 radical (unpaired) electrons. The zero-order chi connectivity index (χ0) is 15.9. The number of hydrogen-bond acceptors (Lipinski definition) is 3. The van der Waals surface area contributed by atoms with Gasteiger partial charge in [0.15, 0.2) is 0 Å². The summed E-state index contributed by atoms with van der Waals surface area (Å²) in [5.74, 6) is -1.42. The van der Waals surface area contributed by atoms with Gasteiger partial charge in [-0.2, -0.15) is 13.2 Å². The number of benzene rings is 1. The number of aliphatic hydroxyl groups is 1. The van der Waals surface area contributed by atoms with Crippen molar-refractivity contribution in [3.63, 3.8) is 0 Å². The smallest absolute Gasteiger partial charge is 0.395 e. The van der Waals surface area contributed by atoms with Gasteiger partial charge in [-0.15, -0.1) is 0 Å². The van der Waals surface area contributed by atoms with E-state index in [4.69, 9.17) is 10.8 Å². The van der Waals surface area contributed by atoms with Crippen molar-refractivity contribution in [1.82, 2.24) is 4.90 Å². The molecule has 0 heterocycles. The van der Waals surface area contributed by atoms with Crippen LogP contribution < -0.4 is 5.73 Å². The molecule has 21 heavy (non-hydrogen) atoms. The highest BCUT2D eigenvalue weighted by Gasteiger charge is 2.34. The number of carbonyl (C=O) groups is 1. The molecule has 3 N–H and O–H groups in total. The van der Waals surface area contributed by atoms with Crippen LogP contribution >= 0.6 is 0 Å². The van der Waals surface area contributed by atoms with Gasteiger partial charge in [-0.3, -0.25) is 4.79 Å². The first kappa shape index (κ1) is 17.5. The number of rotatable bonds is 7. The van der Waals surface area contributed by atoms with Gasteiger partial charge >= 0.3 is 6.18 Å². The highest BCUT2D eigenvalue weighted by Crippen LogP contribution is 2.19. The quantitative estimate of drug-likeness (QED) is 0.795. The molecule has 0 aromatic heterocycles. The third-order valence-electron chi connectivity index (χ3n) is 3.01. The number of carbonyl (C=O) groups excluding carboxylic acids is 1. The van der Waals surface area contributed by atoms with Gasteiger partial charge in [-0.1, -0.05) is 30.3 Å². The Kier molecular flexibility index (Phi) is 6.64. The molecule has 0 aliphatic heterocycles. The summed E-state index contributed by atoms with van der Waals surface area (Å²) in [6.07, 6.45) is -4.23. The van der Waals surface area contributed by atoms with Crippen LogP contribution in [0.5, 0.6) is 0 Å². The molecule has 0 fully saturated rings. The van der Waals surface area contributed by atoms with Crippen molar-refractivity contribution in [3.05, 3.63) is 35.9 Å². The second kappa shape index (κ2) is 7.99. The van der Waals surface area contributed by atoms with Crippen LogP contribution in [0.4, 0.5) is 13.2 Å². The number of nitrogens with two attached hydrogens (primary N) is 1. The lowest BCUT2D eigenvalue weighted by Crippen LogP contribution is -2.45. The molecule has 1 atom stereocenters. The van der Waals surface area contributed by atoms with Crippen LogP contribution in [0.1, 0.15) is 5.56 Å². The van der Waals surface area contributed by atoms with E-state index in [0.717, 1.165) is 5.56 Å². The van der Waals surface area contributed by atoms with Crippen LogP contribution in [-0.2, 0) is 11.2 Å². The Bertz CT molecular complexity index is 438. The SMILES string of the molecule is NCC(Cc1ccccc1)C(=O)N(CCO)CC(F)(F)F. The molecule has 0 bridgehead atoms. The van der Waals surface area contributed by atoms with Crippen LogP contribution in [0.15, 0.2) is 30.3 Å². The number of amides is 1. The van der Waals surface area contributed by atoms with Crippen molar-refractivity contribution >= 4 is 5.91 Å². The van der Waals surface area contributed by atoms with Crippen molar-refractivity contribution in [2.24, 2.45) is 11.7 Å². The molecule has 1 unspecified atom stereocenters. The molecular formula is C14H19F3N2O2. The van der Waals surface area contributed by atoms with E-state index in [0.29, 0.717) is 4.90 Å². The molecule has 0 saturated carbocycles. The van der Waals surface area contributed by atoms with Gasteiger partial charge in [0.2, 0.25) is 5.91 Å². The topological polar surface area (TPSA) is 66.6 Å². The van der Waals surface area contributed by atoms with E-state index in [2.05, 4.69) is 0 Å². The van der Waals surface area contributed by atoms with E-state index in [1.807, 2.05) is 6.07 Å². The third kappa shape index (κ3) is 6.14. The standard InChI is InChI=1S/C14H19F3N2O2/c15-14(16,17)10-19(6-7-20)13(21)12(9-18)8-11-4-2-1-3-5-11/h1-5,12,20H,6-10,18H2. The Morgan fingerprint density at radius 1 is 1.29 bits per heavy atom. The minimum Gasteiger partial charge on any atom is -0.395 e. The van der Waals surface area contributed by atoms with Crippen LogP contribution in [0.25, 0.3) is 0 Å². The van der Waals surface area contributed by atoms with E-state index in [1.54, 1.807) is 24.3 Å². The summed E-state index contributed by atoms with van der Waals surface area (Å²) in [6, 6.07) is 8.96. The second-order valence-corrected chi connectivity index (χ2v) is 4.72. The van der Waals surface area contributed by atoms with Crippen molar-refractivity contribution in [3.8, 4) is 0 Å². The molecule has 7 heteroatoms. The Labute approximate surface area is 121 Å². The number of alkyl halides is 3. The van der Waals surface area contributed by atoms with Gasteiger partial charge in [-0.25, -0.2) is 0 Å². The van der Waals surface area contributed by atoms with Crippen LogP contribution in [0.2, 0.25) is 0 Å². The fourth-order valence-corrected chi connectivity index (χ4v) is 2.03. The number of halogens is 3. The van der Waals surface area contributed by atoms with Crippen LogP contribution in [-0.4, -0.2) is 48.3 Å². The van der Waals surface area contributed by atoms with E-state index in [9.17, 15) is 18.0 Å². The van der Waals surface area contributed by atoms with E-state index < -0.39 is 31.2 Å². The first-order valence-corrected chi connectivity index (χ1v) is 6.57. The number of aliphatic hydroxyl groups excluding tert-OH is 1. The molecule has 4 nitrogen and oxygen atoms in total. The maximum Gasteiger partial charge on any atom is 0.406 e. The summed E-state index contributed by atoms with van der Waals surface area (Å²) in [4.78, 5) is 12.8. The molecule has 0 saturated heterocycles. The van der Waals surface area contributed by atoms with E-state index >= 15 is 0 Å². The summed E-state index contributed by atoms with van der Waals surface area (Å²) in [6.45, 7) is -2.31. The molecule has 1 aromatic carbocycles. The zero-order valence-corrected chi connectivity index (χ0v) is 11.5. The number of nitrogens with zero attached hydrogens (tertiary/aromatic N) is 1. The Balaban J connectivity index is 2.78. The molecule has 0 spiro atoms. The first-order valence-electron chi connectivity index (χ1n) is 6.57. The highest BCUT2D eigenvalue weighted by molar-refractivity contribution is 5.79. The summed E-state index contributed by atoms with van der Waals surface area (Å²) >= 11 is 0. The van der Waals surface area contributed by atoms with Gasteiger partial charge < -0.3 is 15.7 Å². The lowest BCUT2D eigenvalue weighted by Gasteiger charge is -2.27. The van der Waals surface area contributed by atoms with E-state index in [1.165, 1.54) is 0 Å². The molecule has 1 amide bonds. The third-order valence-corrected chi connectivity index (χ3v) is 3.01. The molecule has 1 aromatic rings. The Hall–Kier alpha value is -1.60. The van der Waals surface area contributed by atoms with Gasteiger partial charge in [0.05, 0.1) is 12.5 Å². The van der Waals surface area contributed by atoms with E-state index in [-0.39, 0.29) is 19.5 Å². The predicted octanol–water partition coefficient (Wildman–Crippen LogP) is 1.19. The van der Waals surface area contributed by atoms with Crippen molar-refractivity contribution in [1.29, 1.82) is 0 Å². The minimum atomic E-state index is -4.50. The zero-order valence-electron chi connectivity index (χ0n) is 11.5. The van der Waals surface area contributed by atoms with Crippen LogP contribution in [0, 0.1) is 5.92 Å². The highest BCUT2D eigenvalue weighted by atomic mass is 19.4. The summed E-state index contributed by atoms with van der Waals surface area (Å²) < 4.78 is 37.4. The molecule has 118 valence electrons. The van der Waals surface area contributed by atoms with Crippen molar-refractivity contribution < 1.29 is 23.1 Å². The monoisotopic (exact) mass is 304 g/mol. The largest absolute Gasteiger partial charge is 0.406 e. The van der Waals surface area contributed by atoms with Crippen LogP contribution in [0.3, 0.4) is 0 Å². The molecule has 0 aliphatic carbocycles. The summed E-state index contributed by atoms with van der Waals surface area (Å²) in [5, 5.41) is 8.83. The average molecular weight is 304 g/mol. The summed E-state index contributed by atoms with van der Waals surface area (Å²) in [5.41, 5.74) is 6.36. The summed E-state index contributed by atoms with van der Waals surface area (Å²) in [7, 11) is 0. The van der Waals surface area contributed by atoms with Crippen molar-refractivity contribution in [2.45, 2.75) is 12.6 Å². The fourth-order valence-electron chi connectivity index (χ4n) is 2.03. The minimum absolute atomic E-state index is 0.0481. The maximum atomic E-state index is 12.5. The fraction of sp³-hybridized carbons (Fsp3) is 0.500. The van der Waals surface area contributed by atoms with Gasteiger partial charge in [0.1, 0.15) is 6.54 Å². The lowest BCUT2D eigenvalue weighted by atomic mass is 9.98. The molecular weight excluding hydrogens is 285 g/mol. The molecule has 0 aliphatic rings. The van der Waals surface area contributed by atoms with Gasteiger partial charge in [-0.05, 0) is 12.0 Å². The number of hydrogen-bond donors (Lipinski definition) is 2. The normalized spacial score (nSPS) is 13.0. The van der Waals surface area contributed by atoms with Gasteiger partial charge in [0, 0.05) is 13.1 Å². The Morgan fingerprint density at radius 2 is 1.90 bits per heavy atom. The maximum absolute atomic E-state index is 12.5. The van der Waals surface area contributed by atoms with Crippen molar-refractivity contribution in [2.75, 3.05) is 26.2 Å². The first-order chi connectivity index (χ1) is 9.87. The second-order valence-electron chi connectivity index (χ2n) is 4.72. The lowest BCUT2D eigenvalue weighted by molar-refractivity contribution is -0.164. The molecule has 1 rings (SSSR count). The average Bonchev–Trinajstić information content (AvgIpc) is 2.43. The van der Waals surface area contributed by atoms with Gasteiger partial charge in [0.25, 0.3) is 0 Å².